The maximum Gasteiger partial charge on any atom is 0.300 e. The number of fused-ring (bicyclic) bond motifs is 1. The van der Waals surface area contributed by atoms with Crippen LogP contribution in [0.15, 0.2) is 78.0 Å². The molecule has 0 aliphatic carbocycles. The Hall–Kier alpha value is -4.60. The van der Waals surface area contributed by atoms with Crippen molar-refractivity contribution >= 4 is 22.8 Å². The highest BCUT2D eigenvalue weighted by Crippen LogP contribution is 2.24. The summed E-state index contributed by atoms with van der Waals surface area (Å²) in [6.07, 6.45) is 2.68. The van der Waals surface area contributed by atoms with E-state index >= 15 is 0 Å². The predicted molar refractivity (Wildman–Crippen MR) is 127 cm³/mol. The SMILES string of the molecule is CCn1cnc2c1c(=O)nc(Nc1ccc(Oc3ccc(F)cn3)cc1)n2Cc1ccc(F)cc1. The average Bonchev–Trinajstić information content (AvgIpc) is 3.30. The summed E-state index contributed by atoms with van der Waals surface area (Å²) in [4.78, 5) is 25.4. The van der Waals surface area contributed by atoms with Crippen LogP contribution in [0.25, 0.3) is 11.2 Å². The summed E-state index contributed by atoms with van der Waals surface area (Å²) in [5.41, 5.74) is 1.94. The first-order chi connectivity index (χ1) is 17.0. The molecule has 3 aromatic heterocycles. The Labute approximate surface area is 198 Å². The first kappa shape index (κ1) is 22.2. The highest BCUT2D eigenvalue weighted by Gasteiger charge is 2.16. The van der Waals surface area contributed by atoms with Crippen LogP contribution in [0.2, 0.25) is 0 Å². The first-order valence-corrected chi connectivity index (χ1v) is 10.9. The number of ether oxygens (including phenoxy) is 1. The number of nitrogens with one attached hydrogen (secondary N) is 1. The van der Waals surface area contributed by atoms with Gasteiger partial charge in [-0.1, -0.05) is 12.1 Å². The van der Waals surface area contributed by atoms with Gasteiger partial charge in [0, 0.05) is 18.3 Å². The van der Waals surface area contributed by atoms with Crippen LogP contribution in [-0.2, 0) is 13.1 Å². The average molecular weight is 474 g/mol. The van der Waals surface area contributed by atoms with Crippen LogP contribution in [0.3, 0.4) is 0 Å². The number of anilines is 2. The summed E-state index contributed by atoms with van der Waals surface area (Å²) < 4.78 is 35.6. The van der Waals surface area contributed by atoms with E-state index in [9.17, 15) is 13.6 Å². The first-order valence-electron chi connectivity index (χ1n) is 10.9. The van der Waals surface area contributed by atoms with Crippen LogP contribution in [0.1, 0.15) is 12.5 Å². The Morgan fingerprint density at radius 1 is 0.943 bits per heavy atom. The van der Waals surface area contributed by atoms with Gasteiger partial charge in [-0.2, -0.15) is 4.98 Å². The van der Waals surface area contributed by atoms with Crippen molar-refractivity contribution in [2.24, 2.45) is 0 Å². The number of aromatic nitrogens is 5. The molecule has 10 heteroatoms. The fourth-order valence-corrected chi connectivity index (χ4v) is 3.63. The molecule has 0 aliphatic rings. The molecule has 5 rings (SSSR count). The molecule has 0 saturated heterocycles. The smallest absolute Gasteiger partial charge is 0.300 e. The van der Waals surface area contributed by atoms with E-state index in [-0.39, 0.29) is 11.7 Å². The Kier molecular flexibility index (Phi) is 5.92. The van der Waals surface area contributed by atoms with Gasteiger partial charge in [0.25, 0.3) is 0 Å². The molecule has 0 amide bonds. The van der Waals surface area contributed by atoms with Gasteiger partial charge in [-0.3, -0.25) is 9.36 Å². The normalized spacial score (nSPS) is 11.1. The lowest BCUT2D eigenvalue weighted by atomic mass is 10.2. The molecule has 3 heterocycles. The molecular formula is C25H20F2N6O2. The van der Waals surface area contributed by atoms with Gasteiger partial charge in [-0.15, -0.1) is 0 Å². The molecule has 8 nitrogen and oxygen atoms in total. The van der Waals surface area contributed by atoms with Gasteiger partial charge in [0.1, 0.15) is 17.4 Å². The molecule has 5 aromatic rings. The number of imidazole rings is 1. The van der Waals surface area contributed by atoms with E-state index in [0.29, 0.717) is 41.6 Å². The second-order valence-corrected chi connectivity index (χ2v) is 7.72. The third kappa shape index (κ3) is 4.72. The van der Waals surface area contributed by atoms with Crippen molar-refractivity contribution < 1.29 is 13.5 Å². The zero-order valence-electron chi connectivity index (χ0n) is 18.7. The van der Waals surface area contributed by atoms with E-state index < -0.39 is 11.4 Å². The van der Waals surface area contributed by atoms with Gasteiger partial charge in [0.15, 0.2) is 11.2 Å². The minimum Gasteiger partial charge on any atom is -0.439 e. The van der Waals surface area contributed by atoms with Crippen LogP contribution < -0.4 is 15.6 Å². The van der Waals surface area contributed by atoms with E-state index in [4.69, 9.17) is 4.74 Å². The molecule has 0 radical (unpaired) electrons. The quantitative estimate of drug-likeness (QED) is 0.362. The standard InChI is InChI=1S/C25H20F2N6O2/c1-2-32-15-29-23-22(32)24(34)31-25(33(23)14-16-3-5-17(26)6-4-16)30-19-8-10-20(11-9-19)35-21-12-7-18(27)13-28-21/h3-13,15H,2,14H2,1H3,(H,30,31,34). The van der Waals surface area contributed by atoms with Gasteiger partial charge < -0.3 is 14.6 Å². The Balaban J connectivity index is 1.47. The predicted octanol–water partition coefficient (Wildman–Crippen LogP) is 4.87. The number of hydrogen-bond acceptors (Lipinski definition) is 6. The van der Waals surface area contributed by atoms with E-state index in [1.807, 2.05) is 6.92 Å². The molecule has 0 bridgehead atoms. The fourth-order valence-electron chi connectivity index (χ4n) is 3.63. The maximum absolute atomic E-state index is 13.4. The number of aryl methyl sites for hydroxylation is 1. The molecule has 1 N–H and O–H groups in total. The number of hydrogen-bond donors (Lipinski definition) is 1. The van der Waals surface area contributed by atoms with Gasteiger partial charge in [0.2, 0.25) is 11.8 Å². The summed E-state index contributed by atoms with van der Waals surface area (Å²) in [7, 11) is 0. The summed E-state index contributed by atoms with van der Waals surface area (Å²) in [5, 5.41) is 3.17. The van der Waals surface area contributed by atoms with E-state index in [0.717, 1.165) is 11.8 Å². The molecule has 35 heavy (non-hydrogen) atoms. The molecule has 0 unspecified atom stereocenters. The molecule has 2 aromatic carbocycles. The summed E-state index contributed by atoms with van der Waals surface area (Å²) in [6.45, 7) is 2.81. The summed E-state index contributed by atoms with van der Waals surface area (Å²) in [6, 6.07) is 15.7. The third-order valence-electron chi connectivity index (χ3n) is 5.37. The molecule has 176 valence electrons. The van der Waals surface area contributed by atoms with Crippen LogP contribution in [0, 0.1) is 11.6 Å². The fraction of sp³-hybridized carbons (Fsp3) is 0.120. The number of rotatable bonds is 7. The number of halogens is 2. The number of pyridine rings is 1. The summed E-state index contributed by atoms with van der Waals surface area (Å²) >= 11 is 0. The largest absolute Gasteiger partial charge is 0.439 e. The molecule has 0 fully saturated rings. The van der Waals surface area contributed by atoms with Crippen molar-refractivity contribution in [1.29, 1.82) is 0 Å². The minimum atomic E-state index is -0.447. The van der Waals surface area contributed by atoms with E-state index in [1.54, 1.807) is 51.9 Å². The Morgan fingerprint density at radius 2 is 1.69 bits per heavy atom. The molecule has 0 aliphatic heterocycles. The molecule has 0 atom stereocenters. The third-order valence-corrected chi connectivity index (χ3v) is 5.37. The van der Waals surface area contributed by atoms with Gasteiger partial charge in [-0.25, -0.2) is 18.7 Å². The molecular weight excluding hydrogens is 454 g/mol. The number of benzene rings is 2. The lowest BCUT2D eigenvalue weighted by Gasteiger charge is -2.15. The monoisotopic (exact) mass is 474 g/mol. The van der Waals surface area contributed by atoms with Crippen molar-refractivity contribution in [3.8, 4) is 11.6 Å². The van der Waals surface area contributed by atoms with Crippen molar-refractivity contribution in [2.75, 3.05) is 5.32 Å². The molecule has 0 saturated carbocycles. The van der Waals surface area contributed by atoms with Gasteiger partial charge >= 0.3 is 5.56 Å². The second kappa shape index (κ2) is 9.34. The lowest BCUT2D eigenvalue weighted by molar-refractivity contribution is 0.459. The zero-order chi connectivity index (χ0) is 24.4. The van der Waals surface area contributed by atoms with Crippen molar-refractivity contribution in [3.63, 3.8) is 0 Å². The topological polar surface area (TPSA) is 86.9 Å². The van der Waals surface area contributed by atoms with Crippen LogP contribution >= 0.6 is 0 Å². The van der Waals surface area contributed by atoms with Crippen molar-refractivity contribution in [2.45, 2.75) is 20.0 Å². The Morgan fingerprint density at radius 3 is 2.37 bits per heavy atom. The van der Waals surface area contributed by atoms with Crippen LogP contribution in [0.5, 0.6) is 11.6 Å². The second-order valence-electron chi connectivity index (χ2n) is 7.72. The maximum atomic E-state index is 13.4. The summed E-state index contributed by atoms with van der Waals surface area (Å²) in [5.74, 6) is 0.282. The number of nitrogens with zero attached hydrogens (tertiary/aromatic N) is 5. The zero-order valence-corrected chi connectivity index (χ0v) is 18.7. The lowest BCUT2D eigenvalue weighted by Crippen LogP contribution is -2.20. The van der Waals surface area contributed by atoms with E-state index in [2.05, 4.69) is 20.3 Å². The van der Waals surface area contributed by atoms with Gasteiger partial charge in [-0.05, 0) is 55.0 Å². The highest BCUT2D eigenvalue weighted by molar-refractivity contribution is 5.73. The van der Waals surface area contributed by atoms with Crippen LogP contribution in [0.4, 0.5) is 20.4 Å². The van der Waals surface area contributed by atoms with Crippen molar-refractivity contribution in [1.82, 2.24) is 24.1 Å². The van der Waals surface area contributed by atoms with Crippen LogP contribution in [-0.4, -0.2) is 24.1 Å². The van der Waals surface area contributed by atoms with E-state index in [1.165, 1.54) is 24.3 Å². The Bertz CT molecular complexity index is 1530. The highest BCUT2D eigenvalue weighted by atomic mass is 19.1. The molecule has 0 spiro atoms. The minimum absolute atomic E-state index is 0.263. The van der Waals surface area contributed by atoms with Gasteiger partial charge in [0.05, 0.1) is 19.1 Å². The van der Waals surface area contributed by atoms with Crippen molar-refractivity contribution in [3.05, 3.63) is 101 Å².